The van der Waals surface area contributed by atoms with E-state index in [-0.39, 0.29) is 45.9 Å². The number of nitrogens with one attached hydrogen (secondary N) is 2. The third-order valence-corrected chi connectivity index (χ3v) is 7.98. The molecule has 0 spiro atoms. The molecule has 0 saturated heterocycles. The third kappa shape index (κ3) is 5.85. The number of aliphatic hydroxyl groups is 1. The Labute approximate surface area is 253 Å². The molecule has 4 aromatic rings. The van der Waals surface area contributed by atoms with Crippen molar-refractivity contribution in [3.05, 3.63) is 83.4 Å². The first-order valence-corrected chi connectivity index (χ1v) is 15.0. The van der Waals surface area contributed by atoms with Crippen LogP contribution in [0, 0.1) is 5.82 Å². The highest BCUT2D eigenvalue weighted by molar-refractivity contribution is 7.92. The van der Waals surface area contributed by atoms with Crippen molar-refractivity contribution in [2.45, 2.75) is 24.1 Å². The van der Waals surface area contributed by atoms with Crippen molar-refractivity contribution >= 4 is 38.4 Å². The number of hydrogen-bond acceptors (Lipinski definition) is 8. The maximum atomic E-state index is 14.7. The Hall–Kier alpha value is -4.83. The first-order valence-electron chi connectivity index (χ1n) is 13.1. The zero-order chi connectivity index (χ0) is 32.9. The SMILES string of the molecule is C[C@]1(C(N)=O)COc2c1cc(C(O)(CNC(=O)c1cc(NS(C)(=O)=O)c3ncccc3c1)C(F)(F)F)nc2-c1ccc(F)cc1. The molecule has 45 heavy (non-hydrogen) atoms. The van der Waals surface area contributed by atoms with Crippen LogP contribution in [-0.2, 0) is 25.8 Å². The molecule has 1 aliphatic heterocycles. The molecule has 0 fully saturated rings. The molecule has 16 heteroatoms. The molecular weight excluding hydrogens is 622 g/mol. The number of nitrogens with zero attached hydrogens (tertiary/aromatic N) is 2. The van der Waals surface area contributed by atoms with Crippen molar-refractivity contribution in [1.29, 1.82) is 0 Å². The van der Waals surface area contributed by atoms with Crippen molar-refractivity contribution < 1.29 is 45.4 Å². The van der Waals surface area contributed by atoms with Gasteiger partial charge >= 0.3 is 6.18 Å². The van der Waals surface area contributed by atoms with Crippen molar-refractivity contribution in [3.8, 4) is 17.0 Å². The Morgan fingerprint density at radius 2 is 1.82 bits per heavy atom. The number of aromatic nitrogens is 2. The molecule has 2 amide bonds. The molecule has 11 nitrogen and oxygen atoms in total. The van der Waals surface area contributed by atoms with Crippen molar-refractivity contribution in [2.75, 3.05) is 24.1 Å². The quantitative estimate of drug-likeness (QED) is 0.211. The topological polar surface area (TPSA) is 174 Å². The number of amides is 2. The molecule has 2 atom stereocenters. The first kappa shape index (κ1) is 31.6. The van der Waals surface area contributed by atoms with E-state index >= 15 is 0 Å². The molecule has 1 unspecified atom stereocenters. The normalized spacial score (nSPS) is 17.7. The van der Waals surface area contributed by atoms with Gasteiger partial charge in [-0.2, -0.15) is 13.2 Å². The molecular formula is C29H25F4N5O6S. The lowest BCUT2D eigenvalue weighted by molar-refractivity contribution is -0.265. The number of halogens is 4. The summed E-state index contributed by atoms with van der Waals surface area (Å²) in [6.45, 7) is -0.429. The van der Waals surface area contributed by atoms with E-state index in [0.29, 0.717) is 5.39 Å². The molecule has 5 rings (SSSR count). The van der Waals surface area contributed by atoms with Gasteiger partial charge in [-0.25, -0.2) is 17.8 Å². The van der Waals surface area contributed by atoms with E-state index in [1.165, 1.54) is 43.5 Å². The van der Waals surface area contributed by atoms with Gasteiger partial charge < -0.3 is 20.9 Å². The molecule has 0 bridgehead atoms. The van der Waals surface area contributed by atoms with Crippen LogP contribution in [-0.4, -0.2) is 60.9 Å². The molecule has 3 heterocycles. The third-order valence-electron chi connectivity index (χ3n) is 7.39. The van der Waals surface area contributed by atoms with E-state index in [4.69, 9.17) is 10.5 Å². The maximum absolute atomic E-state index is 14.7. The average molecular weight is 648 g/mol. The predicted molar refractivity (Wildman–Crippen MR) is 154 cm³/mol. The fourth-order valence-corrected chi connectivity index (χ4v) is 5.40. The van der Waals surface area contributed by atoms with Gasteiger partial charge in [0.25, 0.3) is 5.91 Å². The van der Waals surface area contributed by atoms with Gasteiger partial charge in [-0.05, 0) is 55.5 Å². The molecule has 0 saturated carbocycles. The number of rotatable bonds is 8. The van der Waals surface area contributed by atoms with E-state index in [1.54, 1.807) is 0 Å². The molecule has 5 N–H and O–H groups in total. The second-order valence-corrected chi connectivity index (χ2v) is 12.5. The number of sulfonamides is 1. The summed E-state index contributed by atoms with van der Waals surface area (Å²) in [5, 5.41) is 13.6. The van der Waals surface area contributed by atoms with Gasteiger partial charge in [-0.3, -0.25) is 19.3 Å². The first-order chi connectivity index (χ1) is 20.9. The van der Waals surface area contributed by atoms with E-state index < -0.39 is 57.1 Å². The van der Waals surface area contributed by atoms with Crippen LogP contribution in [0.3, 0.4) is 0 Å². The van der Waals surface area contributed by atoms with Gasteiger partial charge in [0.2, 0.25) is 21.5 Å². The highest BCUT2D eigenvalue weighted by atomic mass is 32.2. The fraction of sp³-hybridized carbons (Fsp3) is 0.241. The molecule has 236 valence electrons. The zero-order valence-electron chi connectivity index (χ0n) is 23.6. The monoisotopic (exact) mass is 647 g/mol. The van der Waals surface area contributed by atoms with Crippen LogP contribution in [0.15, 0.2) is 60.8 Å². The Bertz CT molecular complexity index is 1960. The summed E-state index contributed by atoms with van der Waals surface area (Å²) >= 11 is 0. The van der Waals surface area contributed by atoms with Gasteiger partial charge in [0.05, 0.1) is 29.7 Å². The van der Waals surface area contributed by atoms with E-state index in [9.17, 15) is 40.7 Å². The summed E-state index contributed by atoms with van der Waals surface area (Å²) < 4.78 is 89.4. The smallest absolute Gasteiger partial charge is 0.424 e. The van der Waals surface area contributed by atoms with Crippen LogP contribution in [0.4, 0.5) is 23.2 Å². The zero-order valence-corrected chi connectivity index (χ0v) is 24.4. The largest absolute Gasteiger partial charge is 0.489 e. The minimum Gasteiger partial charge on any atom is -0.489 e. The van der Waals surface area contributed by atoms with Gasteiger partial charge in [-0.15, -0.1) is 0 Å². The summed E-state index contributed by atoms with van der Waals surface area (Å²) in [4.78, 5) is 33.7. The molecule has 0 aliphatic carbocycles. The Kier molecular flexibility index (Phi) is 7.69. The number of hydrogen-bond donors (Lipinski definition) is 4. The van der Waals surface area contributed by atoms with Crippen LogP contribution >= 0.6 is 0 Å². The lowest BCUT2D eigenvalue weighted by Crippen LogP contribution is -2.51. The second kappa shape index (κ2) is 11.0. The summed E-state index contributed by atoms with van der Waals surface area (Å²) in [6.07, 6.45) is -3.17. The number of primary amides is 1. The van der Waals surface area contributed by atoms with Crippen LogP contribution in [0.1, 0.15) is 28.5 Å². The highest BCUT2D eigenvalue weighted by Crippen LogP contribution is 2.47. The molecule has 2 aromatic carbocycles. The number of nitrogens with two attached hydrogens (primary N) is 1. The second-order valence-electron chi connectivity index (χ2n) is 10.7. The number of ether oxygens (including phenoxy) is 1. The number of benzene rings is 2. The molecule has 0 radical (unpaired) electrons. The number of carbonyl (C=O) groups is 2. The van der Waals surface area contributed by atoms with Gasteiger partial charge in [-0.1, -0.05) is 6.07 Å². The van der Waals surface area contributed by atoms with Crippen LogP contribution in [0.5, 0.6) is 5.75 Å². The van der Waals surface area contributed by atoms with Crippen LogP contribution < -0.4 is 20.5 Å². The lowest BCUT2D eigenvalue weighted by Gasteiger charge is -2.31. The summed E-state index contributed by atoms with van der Waals surface area (Å²) in [7, 11) is -3.83. The lowest BCUT2D eigenvalue weighted by atomic mass is 9.81. The Morgan fingerprint density at radius 1 is 1.13 bits per heavy atom. The van der Waals surface area contributed by atoms with Gasteiger partial charge in [0, 0.05) is 28.3 Å². The van der Waals surface area contributed by atoms with Gasteiger partial charge in [0.15, 0.2) is 0 Å². The van der Waals surface area contributed by atoms with Gasteiger partial charge in [0.1, 0.15) is 29.3 Å². The Balaban J connectivity index is 1.59. The highest BCUT2D eigenvalue weighted by Gasteiger charge is 2.57. The molecule has 2 aromatic heterocycles. The van der Waals surface area contributed by atoms with E-state index in [2.05, 4.69) is 20.0 Å². The number of fused-ring (bicyclic) bond motifs is 2. The maximum Gasteiger partial charge on any atom is 0.424 e. The fourth-order valence-electron chi connectivity index (χ4n) is 4.85. The number of pyridine rings is 2. The van der Waals surface area contributed by atoms with E-state index in [0.717, 1.165) is 30.5 Å². The predicted octanol–water partition coefficient (Wildman–Crippen LogP) is 3.12. The number of carbonyl (C=O) groups excluding carboxylic acids is 2. The number of anilines is 1. The summed E-state index contributed by atoms with van der Waals surface area (Å²) in [5.41, 5.74) is -1.20. The van der Waals surface area contributed by atoms with Crippen LogP contribution in [0.2, 0.25) is 0 Å². The van der Waals surface area contributed by atoms with Crippen molar-refractivity contribution in [3.63, 3.8) is 0 Å². The summed E-state index contributed by atoms with van der Waals surface area (Å²) in [5.74, 6) is -2.72. The van der Waals surface area contributed by atoms with E-state index in [1.807, 2.05) is 0 Å². The average Bonchev–Trinajstić information content (AvgIpc) is 3.32. The standard InChI is InChI=1S/C29H25F4N5O6S/c1-27(26(34)40)14-44-24-19(27)12-21(37-23(24)15-5-7-18(30)8-6-15)28(41,29(31,32)33)13-36-25(39)17-10-16-4-3-9-35-22(16)20(11-17)38-45(2,42)43/h3-12,38,41H,13-14H2,1-2H3,(H2,34,40)(H,36,39)/t27-,28?/m0/s1. The van der Waals surface area contributed by atoms with Crippen LogP contribution in [0.25, 0.3) is 22.2 Å². The minimum absolute atomic E-state index is 0.0732. The summed E-state index contributed by atoms with van der Waals surface area (Å²) in [6, 6.07) is 10.8. The number of alkyl halides is 3. The Morgan fingerprint density at radius 3 is 2.44 bits per heavy atom. The molecule has 1 aliphatic rings. The minimum atomic E-state index is -5.43. The van der Waals surface area contributed by atoms with Crippen molar-refractivity contribution in [1.82, 2.24) is 15.3 Å². The van der Waals surface area contributed by atoms with Crippen molar-refractivity contribution in [2.24, 2.45) is 5.73 Å².